The number of methoxy groups -OCH3 is 1. The summed E-state index contributed by atoms with van der Waals surface area (Å²) < 4.78 is 22.4. The highest BCUT2D eigenvalue weighted by molar-refractivity contribution is 5.93. The highest BCUT2D eigenvalue weighted by atomic mass is 16.7. The average Bonchev–Trinajstić information content (AvgIpc) is 3.27. The van der Waals surface area contributed by atoms with E-state index in [2.05, 4.69) is 34.0 Å². The molecule has 0 radical (unpaired) electrons. The van der Waals surface area contributed by atoms with Crippen molar-refractivity contribution in [3.63, 3.8) is 0 Å². The molecule has 0 bridgehead atoms. The predicted octanol–water partition coefficient (Wildman–Crippen LogP) is 3.19. The molecular formula is C23H28N4O5. The van der Waals surface area contributed by atoms with Gasteiger partial charge in [-0.3, -0.25) is 0 Å². The first-order valence-electron chi connectivity index (χ1n) is 10.5. The summed E-state index contributed by atoms with van der Waals surface area (Å²) in [7, 11) is 3.54. The molecule has 2 N–H and O–H groups in total. The number of nitrogens with one attached hydrogen (secondary N) is 1. The van der Waals surface area contributed by atoms with Crippen LogP contribution < -0.4 is 24.3 Å². The largest absolute Gasteiger partial charge is 0.493 e. The van der Waals surface area contributed by atoms with E-state index in [4.69, 9.17) is 18.9 Å². The molecule has 2 heterocycles. The molecule has 0 spiro atoms. The van der Waals surface area contributed by atoms with E-state index in [0.717, 1.165) is 11.1 Å². The second-order valence-corrected chi connectivity index (χ2v) is 7.91. The number of benzene rings is 2. The van der Waals surface area contributed by atoms with Gasteiger partial charge in [0, 0.05) is 24.0 Å². The van der Waals surface area contributed by atoms with Gasteiger partial charge in [0.25, 0.3) is 0 Å². The molecule has 9 nitrogen and oxygen atoms in total. The summed E-state index contributed by atoms with van der Waals surface area (Å²) in [6, 6.07) is 9.57. The third-order valence-corrected chi connectivity index (χ3v) is 5.38. The summed E-state index contributed by atoms with van der Waals surface area (Å²) in [4.78, 5) is 10.8. The SMILES string of the molecule is COc1cc2c(Nc3cccc4c3OCO4)ncnc2cc1OCC(O)CN(C)C(C)C. The Kier molecular flexibility index (Phi) is 6.48. The van der Waals surface area contributed by atoms with Gasteiger partial charge in [-0.15, -0.1) is 0 Å². The van der Waals surface area contributed by atoms with E-state index in [1.807, 2.05) is 31.3 Å². The second kappa shape index (κ2) is 9.46. The van der Waals surface area contributed by atoms with Gasteiger partial charge >= 0.3 is 0 Å². The zero-order chi connectivity index (χ0) is 22.7. The quantitative estimate of drug-likeness (QED) is 0.520. The highest BCUT2D eigenvalue weighted by Crippen LogP contribution is 2.41. The molecule has 2 aromatic carbocycles. The summed E-state index contributed by atoms with van der Waals surface area (Å²) in [5.74, 6) is 2.96. The number of nitrogens with zero attached hydrogens (tertiary/aromatic N) is 3. The fraction of sp³-hybridized carbons (Fsp3) is 0.391. The molecule has 1 atom stereocenters. The second-order valence-electron chi connectivity index (χ2n) is 7.91. The van der Waals surface area contributed by atoms with Crippen LogP contribution in [0.15, 0.2) is 36.7 Å². The smallest absolute Gasteiger partial charge is 0.231 e. The van der Waals surface area contributed by atoms with E-state index in [0.29, 0.717) is 46.9 Å². The molecule has 1 aliphatic heterocycles. The van der Waals surface area contributed by atoms with Crippen LogP contribution in [0.2, 0.25) is 0 Å². The van der Waals surface area contributed by atoms with Crippen molar-refractivity contribution < 1.29 is 24.1 Å². The van der Waals surface area contributed by atoms with Crippen molar-refractivity contribution in [3.8, 4) is 23.0 Å². The Morgan fingerprint density at radius 2 is 2.03 bits per heavy atom. The number of hydrogen-bond donors (Lipinski definition) is 2. The number of aliphatic hydroxyl groups excluding tert-OH is 1. The summed E-state index contributed by atoms with van der Waals surface area (Å²) in [6.07, 6.45) is 0.848. The van der Waals surface area contributed by atoms with Gasteiger partial charge in [-0.25, -0.2) is 9.97 Å². The molecule has 0 fully saturated rings. The first kappa shape index (κ1) is 21.9. The van der Waals surface area contributed by atoms with Crippen molar-refractivity contribution in [1.29, 1.82) is 0 Å². The van der Waals surface area contributed by atoms with Gasteiger partial charge in [-0.2, -0.15) is 0 Å². The first-order chi connectivity index (χ1) is 15.5. The van der Waals surface area contributed by atoms with Gasteiger partial charge in [0.2, 0.25) is 6.79 Å². The maximum absolute atomic E-state index is 10.3. The molecule has 1 aliphatic rings. The topological polar surface area (TPSA) is 98.2 Å². The van der Waals surface area contributed by atoms with Crippen LogP contribution in [0.25, 0.3) is 10.9 Å². The van der Waals surface area contributed by atoms with E-state index in [9.17, 15) is 5.11 Å². The van der Waals surface area contributed by atoms with Crippen molar-refractivity contribution in [1.82, 2.24) is 14.9 Å². The number of likely N-dealkylation sites (N-methyl/N-ethyl adjacent to an activating group) is 1. The maximum atomic E-state index is 10.3. The van der Waals surface area contributed by atoms with Crippen LogP contribution in [0.3, 0.4) is 0 Å². The van der Waals surface area contributed by atoms with Crippen molar-refractivity contribution in [3.05, 3.63) is 36.7 Å². The maximum Gasteiger partial charge on any atom is 0.231 e. The molecule has 0 amide bonds. The van der Waals surface area contributed by atoms with E-state index in [-0.39, 0.29) is 13.4 Å². The molecule has 9 heteroatoms. The van der Waals surface area contributed by atoms with Crippen LogP contribution in [-0.2, 0) is 0 Å². The molecule has 0 saturated carbocycles. The van der Waals surface area contributed by atoms with E-state index in [1.165, 1.54) is 6.33 Å². The van der Waals surface area contributed by atoms with Gasteiger partial charge in [0.15, 0.2) is 23.0 Å². The van der Waals surface area contributed by atoms with Gasteiger partial charge < -0.3 is 34.3 Å². The third kappa shape index (κ3) is 4.63. The lowest BCUT2D eigenvalue weighted by atomic mass is 10.2. The van der Waals surface area contributed by atoms with Crippen molar-refractivity contribution in [2.24, 2.45) is 0 Å². The molecule has 1 unspecified atom stereocenters. The van der Waals surface area contributed by atoms with Gasteiger partial charge in [-0.1, -0.05) is 6.07 Å². The number of anilines is 2. The Bertz CT molecular complexity index is 1090. The van der Waals surface area contributed by atoms with Crippen LogP contribution >= 0.6 is 0 Å². The van der Waals surface area contributed by atoms with Crippen molar-refractivity contribution in [2.75, 3.05) is 39.4 Å². The number of aromatic nitrogens is 2. The Hall–Kier alpha value is -3.30. The lowest BCUT2D eigenvalue weighted by Crippen LogP contribution is -2.36. The zero-order valence-electron chi connectivity index (χ0n) is 18.7. The van der Waals surface area contributed by atoms with Gasteiger partial charge in [0.1, 0.15) is 24.9 Å². The molecular weight excluding hydrogens is 412 g/mol. The first-order valence-corrected chi connectivity index (χ1v) is 10.5. The van der Waals surface area contributed by atoms with Crippen molar-refractivity contribution in [2.45, 2.75) is 26.0 Å². The van der Waals surface area contributed by atoms with Crippen LogP contribution in [0.4, 0.5) is 11.5 Å². The molecule has 0 saturated heterocycles. The average molecular weight is 441 g/mol. The van der Waals surface area contributed by atoms with E-state index in [1.54, 1.807) is 13.2 Å². The molecule has 4 rings (SSSR count). The fourth-order valence-electron chi connectivity index (χ4n) is 3.37. The molecule has 170 valence electrons. The molecule has 1 aromatic heterocycles. The standard InChI is InChI=1S/C23H28N4O5/c1-14(2)27(3)10-15(28)11-30-21-9-18-16(8-20(21)29-4)23(25-12-24-18)26-17-6-5-7-19-22(17)32-13-31-19/h5-9,12,14-15,28H,10-11,13H2,1-4H3,(H,24,25,26). The molecule has 0 aliphatic carbocycles. The number of para-hydroxylation sites is 1. The van der Waals surface area contributed by atoms with Gasteiger partial charge in [-0.05, 0) is 39.1 Å². The Labute approximate surface area is 186 Å². The summed E-state index contributed by atoms with van der Waals surface area (Å²) >= 11 is 0. The molecule has 3 aromatic rings. The highest BCUT2D eigenvalue weighted by Gasteiger charge is 2.19. The minimum Gasteiger partial charge on any atom is -0.493 e. The Morgan fingerprint density at radius 1 is 1.19 bits per heavy atom. The Morgan fingerprint density at radius 3 is 2.81 bits per heavy atom. The summed E-state index contributed by atoms with van der Waals surface area (Å²) in [5.41, 5.74) is 1.42. The van der Waals surface area contributed by atoms with Crippen LogP contribution in [-0.4, -0.2) is 66.2 Å². The summed E-state index contributed by atoms with van der Waals surface area (Å²) in [5, 5.41) is 14.4. The summed E-state index contributed by atoms with van der Waals surface area (Å²) in [6.45, 7) is 4.99. The predicted molar refractivity (Wildman–Crippen MR) is 121 cm³/mol. The number of fused-ring (bicyclic) bond motifs is 2. The number of rotatable bonds is 9. The number of ether oxygens (including phenoxy) is 4. The van der Waals surface area contributed by atoms with E-state index < -0.39 is 6.10 Å². The monoisotopic (exact) mass is 440 g/mol. The fourth-order valence-corrected chi connectivity index (χ4v) is 3.37. The lowest BCUT2D eigenvalue weighted by molar-refractivity contribution is 0.0669. The minimum atomic E-state index is -0.632. The zero-order valence-corrected chi connectivity index (χ0v) is 18.7. The van der Waals surface area contributed by atoms with Gasteiger partial charge in [0.05, 0.1) is 18.3 Å². The van der Waals surface area contributed by atoms with Crippen LogP contribution in [0.1, 0.15) is 13.8 Å². The van der Waals surface area contributed by atoms with E-state index >= 15 is 0 Å². The number of hydrogen-bond acceptors (Lipinski definition) is 9. The van der Waals surface area contributed by atoms with Crippen LogP contribution in [0, 0.1) is 0 Å². The van der Waals surface area contributed by atoms with Crippen molar-refractivity contribution >= 4 is 22.4 Å². The normalized spacial score (nSPS) is 13.6. The Balaban J connectivity index is 1.57. The third-order valence-electron chi connectivity index (χ3n) is 5.38. The minimum absolute atomic E-state index is 0.141. The number of aliphatic hydroxyl groups is 1. The molecule has 32 heavy (non-hydrogen) atoms. The van der Waals surface area contributed by atoms with Crippen LogP contribution in [0.5, 0.6) is 23.0 Å². The lowest BCUT2D eigenvalue weighted by Gasteiger charge is -2.24.